The lowest BCUT2D eigenvalue weighted by Crippen LogP contribution is -2.03. The van der Waals surface area contributed by atoms with Gasteiger partial charge in [-0.05, 0) is 37.1 Å². The van der Waals surface area contributed by atoms with Crippen molar-refractivity contribution in [2.24, 2.45) is 5.92 Å². The smallest absolute Gasteiger partial charge is 0.0207 e. The number of allylic oxidation sites excluding steroid dienone is 2. The Bertz CT molecular complexity index is 359. The zero-order valence-electron chi connectivity index (χ0n) is 13.2. The molecule has 0 heterocycles. The van der Waals surface area contributed by atoms with Gasteiger partial charge in [-0.25, -0.2) is 0 Å². The number of hydrogen-bond acceptors (Lipinski definition) is 1. The molecular formula is C19H31N. The molecule has 0 bridgehead atoms. The van der Waals surface area contributed by atoms with Crippen LogP contribution in [0.2, 0.25) is 0 Å². The van der Waals surface area contributed by atoms with Crippen molar-refractivity contribution in [2.75, 3.05) is 13.6 Å². The molecule has 2 rings (SSSR count). The monoisotopic (exact) mass is 273 g/mol. The highest BCUT2D eigenvalue weighted by Gasteiger charge is 2.20. The zero-order valence-corrected chi connectivity index (χ0v) is 13.2. The first-order valence-electron chi connectivity index (χ1n) is 8.71. The molecule has 0 aromatic heterocycles. The molecule has 0 spiro atoms. The van der Waals surface area contributed by atoms with Gasteiger partial charge >= 0.3 is 0 Å². The fourth-order valence-corrected chi connectivity index (χ4v) is 3.29. The van der Waals surface area contributed by atoms with Gasteiger partial charge in [0.1, 0.15) is 0 Å². The van der Waals surface area contributed by atoms with E-state index < -0.39 is 0 Å². The molecule has 0 radical (unpaired) electrons. The van der Waals surface area contributed by atoms with Crippen LogP contribution < -0.4 is 5.32 Å². The first kappa shape index (κ1) is 15.6. The third-order valence-electron chi connectivity index (χ3n) is 4.63. The van der Waals surface area contributed by atoms with E-state index in [1.165, 1.54) is 76.2 Å². The van der Waals surface area contributed by atoms with Crippen LogP contribution in [-0.2, 0) is 0 Å². The molecule has 112 valence electrons. The molecule has 1 heteroatoms. The average molecular weight is 273 g/mol. The quantitative estimate of drug-likeness (QED) is 0.699. The Kier molecular flexibility index (Phi) is 7.19. The Labute approximate surface area is 125 Å². The van der Waals surface area contributed by atoms with E-state index in [1.54, 1.807) is 5.57 Å². The Morgan fingerprint density at radius 3 is 2.25 bits per heavy atom. The first-order valence-corrected chi connectivity index (χ1v) is 8.71. The topological polar surface area (TPSA) is 12.0 Å². The summed E-state index contributed by atoms with van der Waals surface area (Å²) in [5.74, 6) is 0.933. The van der Waals surface area contributed by atoms with Crippen LogP contribution in [-0.4, -0.2) is 13.6 Å². The van der Waals surface area contributed by atoms with Gasteiger partial charge in [0.25, 0.3) is 0 Å². The highest BCUT2D eigenvalue weighted by molar-refractivity contribution is 5.56. The molecule has 1 fully saturated rings. The van der Waals surface area contributed by atoms with E-state index in [9.17, 15) is 0 Å². The number of rotatable bonds is 4. The van der Waals surface area contributed by atoms with E-state index in [-0.39, 0.29) is 0 Å². The van der Waals surface area contributed by atoms with Crippen molar-refractivity contribution in [3.8, 4) is 0 Å². The van der Waals surface area contributed by atoms with Crippen molar-refractivity contribution in [3.63, 3.8) is 0 Å². The lowest BCUT2D eigenvalue weighted by molar-refractivity contribution is 0.415. The number of nitrogens with one attached hydrogen (secondary N) is 1. The minimum atomic E-state index is 0.925. The Balaban J connectivity index is 1.75. The van der Waals surface area contributed by atoms with Gasteiger partial charge in [-0.3, -0.25) is 0 Å². The molecule has 0 aromatic rings. The van der Waals surface area contributed by atoms with Gasteiger partial charge in [-0.1, -0.05) is 64.2 Å². The van der Waals surface area contributed by atoms with Crippen LogP contribution in [0, 0.1) is 5.92 Å². The molecule has 2 aliphatic rings. The highest BCUT2D eigenvalue weighted by Crippen LogP contribution is 2.36. The number of hydrogen-bond donors (Lipinski definition) is 1. The van der Waals surface area contributed by atoms with E-state index in [0.29, 0.717) is 0 Å². The Morgan fingerprint density at radius 2 is 1.65 bits per heavy atom. The van der Waals surface area contributed by atoms with E-state index in [2.05, 4.69) is 23.2 Å². The summed E-state index contributed by atoms with van der Waals surface area (Å²) in [4.78, 5) is 0. The lowest BCUT2D eigenvalue weighted by Gasteiger charge is -2.14. The van der Waals surface area contributed by atoms with Gasteiger partial charge in [-0.2, -0.15) is 0 Å². The molecule has 0 aromatic carbocycles. The highest BCUT2D eigenvalue weighted by atomic mass is 14.8. The molecule has 0 saturated heterocycles. The third kappa shape index (κ3) is 6.11. The standard InChI is InChI=1S/C19H31N/c1-20-14-10-13-18-16-19(18)15-17-11-8-6-4-2-3-5-7-9-12-17/h10,16-17,20H,2-9,11-12,14-15H2,1H3. The second-order valence-electron chi connectivity index (χ2n) is 6.47. The summed E-state index contributed by atoms with van der Waals surface area (Å²) in [5.41, 5.74) is 6.36. The van der Waals surface area contributed by atoms with Crippen molar-refractivity contribution < 1.29 is 0 Å². The average Bonchev–Trinajstić information content (AvgIpc) is 3.19. The van der Waals surface area contributed by atoms with Crippen molar-refractivity contribution in [3.05, 3.63) is 29.0 Å². The van der Waals surface area contributed by atoms with Crippen LogP contribution in [0.15, 0.2) is 29.0 Å². The minimum absolute atomic E-state index is 0.925. The largest absolute Gasteiger partial charge is 0.316 e. The Hall–Kier alpha value is -0.780. The van der Waals surface area contributed by atoms with Crippen LogP contribution in [0.4, 0.5) is 0 Å². The summed E-state index contributed by atoms with van der Waals surface area (Å²) in [7, 11) is 1.98. The second-order valence-corrected chi connectivity index (χ2v) is 6.47. The zero-order chi connectivity index (χ0) is 14.0. The van der Waals surface area contributed by atoms with E-state index in [1.807, 2.05) is 7.05 Å². The normalized spacial score (nSPS) is 21.6. The SMILES string of the molecule is CNCC=C=C1C=C1CC1CCCCCCCCCC1. The van der Waals surface area contributed by atoms with Gasteiger partial charge in [0.15, 0.2) is 0 Å². The summed E-state index contributed by atoms with van der Waals surface area (Å²) in [5, 5.41) is 3.13. The molecule has 1 nitrogen and oxygen atoms in total. The van der Waals surface area contributed by atoms with Crippen molar-refractivity contribution in [2.45, 2.75) is 70.6 Å². The molecule has 0 amide bonds. The Morgan fingerprint density at radius 1 is 1.05 bits per heavy atom. The molecule has 0 aliphatic heterocycles. The molecule has 1 saturated carbocycles. The first-order chi connectivity index (χ1) is 9.90. The fourth-order valence-electron chi connectivity index (χ4n) is 3.29. The molecule has 2 aliphatic carbocycles. The molecule has 20 heavy (non-hydrogen) atoms. The lowest BCUT2D eigenvalue weighted by atomic mass is 9.91. The summed E-state index contributed by atoms with van der Waals surface area (Å²) >= 11 is 0. The predicted octanol–water partition coefficient (Wildman–Crippen LogP) is 5.15. The van der Waals surface area contributed by atoms with E-state index >= 15 is 0 Å². The van der Waals surface area contributed by atoms with Crippen molar-refractivity contribution in [1.82, 2.24) is 5.32 Å². The van der Waals surface area contributed by atoms with E-state index in [4.69, 9.17) is 0 Å². The van der Waals surface area contributed by atoms with Crippen LogP contribution in [0.25, 0.3) is 0 Å². The van der Waals surface area contributed by atoms with Gasteiger partial charge < -0.3 is 5.32 Å². The molecule has 0 unspecified atom stereocenters. The van der Waals surface area contributed by atoms with Crippen LogP contribution in [0.5, 0.6) is 0 Å². The summed E-state index contributed by atoms with van der Waals surface area (Å²) in [6.07, 6.45) is 20.3. The maximum absolute atomic E-state index is 3.39. The van der Waals surface area contributed by atoms with E-state index in [0.717, 1.165) is 12.5 Å². The van der Waals surface area contributed by atoms with Crippen molar-refractivity contribution in [1.29, 1.82) is 0 Å². The van der Waals surface area contributed by atoms with Crippen LogP contribution in [0.1, 0.15) is 70.6 Å². The summed E-state index contributed by atoms with van der Waals surface area (Å²) in [6, 6.07) is 0. The van der Waals surface area contributed by atoms with Gasteiger partial charge in [0.05, 0.1) is 0 Å². The van der Waals surface area contributed by atoms with Crippen LogP contribution >= 0.6 is 0 Å². The maximum atomic E-state index is 3.39. The fraction of sp³-hybridized carbons (Fsp3) is 0.737. The predicted molar refractivity (Wildman–Crippen MR) is 87.9 cm³/mol. The molecule has 1 N–H and O–H groups in total. The van der Waals surface area contributed by atoms with Gasteiger partial charge in [0.2, 0.25) is 0 Å². The van der Waals surface area contributed by atoms with Gasteiger partial charge in [-0.15, -0.1) is 5.73 Å². The third-order valence-corrected chi connectivity index (χ3v) is 4.63. The minimum Gasteiger partial charge on any atom is -0.316 e. The summed E-state index contributed by atoms with van der Waals surface area (Å²) in [6.45, 7) is 0.925. The maximum Gasteiger partial charge on any atom is 0.0207 e. The molecule has 0 atom stereocenters. The molecular weight excluding hydrogens is 242 g/mol. The van der Waals surface area contributed by atoms with Gasteiger partial charge in [0, 0.05) is 12.1 Å². The second kappa shape index (κ2) is 9.21. The summed E-state index contributed by atoms with van der Waals surface area (Å²) < 4.78 is 0. The number of likely N-dealkylation sites (N-methyl/N-ethyl adjacent to an activating group) is 1. The van der Waals surface area contributed by atoms with Crippen LogP contribution in [0.3, 0.4) is 0 Å². The van der Waals surface area contributed by atoms with Crippen molar-refractivity contribution >= 4 is 0 Å².